The summed E-state index contributed by atoms with van der Waals surface area (Å²) < 4.78 is 20.7. The zero-order valence-corrected chi connectivity index (χ0v) is 20.8. The molecule has 2 atom stereocenters. The Balaban J connectivity index is 1.65. The molecule has 1 fully saturated rings. The first kappa shape index (κ1) is 25.6. The van der Waals surface area contributed by atoms with Crippen LogP contribution in [0.3, 0.4) is 0 Å². The molecule has 36 heavy (non-hydrogen) atoms. The molecule has 0 saturated carbocycles. The summed E-state index contributed by atoms with van der Waals surface area (Å²) in [4.78, 5) is 25.1. The van der Waals surface area contributed by atoms with E-state index < -0.39 is 18.2 Å². The van der Waals surface area contributed by atoms with Gasteiger partial charge in [0, 0.05) is 24.2 Å². The molecule has 2 heterocycles. The lowest BCUT2D eigenvalue weighted by Gasteiger charge is -2.26. The molecular weight excluding hydrogens is 461 g/mol. The molecule has 190 valence electrons. The normalized spacial score (nSPS) is 17.8. The number of nitrogens with one attached hydrogen (secondary N) is 1. The molecule has 1 aliphatic heterocycles. The molecule has 0 bridgehead atoms. The van der Waals surface area contributed by atoms with Crippen molar-refractivity contribution in [2.75, 3.05) is 0 Å². The molecule has 1 aromatic heterocycles. The minimum Gasteiger partial charge on any atom is -0.462 e. The molecule has 2 unspecified atom stereocenters. The fraction of sp³-hybridized carbons (Fsp3) is 0.393. The summed E-state index contributed by atoms with van der Waals surface area (Å²) in [7, 11) is 0. The van der Waals surface area contributed by atoms with Gasteiger partial charge in [0.05, 0.1) is 18.2 Å². The van der Waals surface area contributed by atoms with Gasteiger partial charge in [-0.25, -0.2) is 9.07 Å². The van der Waals surface area contributed by atoms with Gasteiger partial charge in [-0.1, -0.05) is 43.7 Å². The van der Waals surface area contributed by atoms with Gasteiger partial charge in [0.2, 0.25) is 0 Å². The van der Waals surface area contributed by atoms with E-state index in [4.69, 9.17) is 4.74 Å². The van der Waals surface area contributed by atoms with Crippen molar-refractivity contribution in [3.63, 3.8) is 0 Å². The zero-order valence-electron chi connectivity index (χ0n) is 20.8. The first-order valence-electron chi connectivity index (χ1n) is 12.3. The number of carbonyl (C=O) groups is 2. The number of aryl methyl sites for hydroxylation is 1. The number of ether oxygens (including phenoxy) is 1. The van der Waals surface area contributed by atoms with E-state index in [-0.39, 0.29) is 24.1 Å². The van der Waals surface area contributed by atoms with Crippen LogP contribution >= 0.6 is 0 Å². The quantitative estimate of drug-likeness (QED) is 0.455. The van der Waals surface area contributed by atoms with Gasteiger partial charge in [0.15, 0.2) is 5.69 Å². The third-order valence-corrected chi connectivity index (χ3v) is 6.40. The molecule has 4 rings (SSSR count). The van der Waals surface area contributed by atoms with E-state index in [0.29, 0.717) is 37.2 Å². The number of aliphatic hydroxyl groups is 1. The van der Waals surface area contributed by atoms with Crippen LogP contribution in [-0.4, -0.2) is 39.0 Å². The van der Waals surface area contributed by atoms with E-state index >= 15 is 0 Å². The van der Waals surface area contributed by atoms with Gasteiger partial charge in [-0.3, -0.25) is 9.59 Å². The Morgan fingerprint density at radius 2 is 1.89 bits per heavy atom. The molecule has 1 amide bonds. The lowest BCUT2D eigenvalue weighted by atomic mass is 9.95. The van der Waals surface area contributed by atoms with Crippen molar-refractivity contribution in [2.24, 2.45) is 0 Å². The molecule has 3 aromatic rings. The molecule has 0 radical (unpaired) electrons. The number of rotatable bonds is 8. The van der Waals surface area contributed by atoms with E-state index in [0.717, 1.165) is 22.4 Å². The Bertz CT molecular complexity index is 1220. The fourth-order valence-electron chi connectivity index (χ4n) is 4.58. The summed E-state index contributed by atoms with van der Waals surface area (Å²) in [6.07, 6.45) is 0.180. The number of esters is 1. The van der Waals surface area contributed by atoms with E-state index in [2.05, 4.69) is 10.4 Å². The maximum Gasteiger partial charge on any atom is 0.308 e. The van der Waals surface area contributed by atoms with Gasteiger partial charge in [0.25, 0.3) is 5.91 Å². The second kappa shape index (κ2) is 11.0. The number of benzene rings is 2. The fourth-order valence-corrected chi connectivity index (χ4v) is 4.58. The van der Waals surface area contributed by atoms with Crippen molar-refractivity contribution in [1.29, 1.82) is 0 Å². The second-order valence-corrected chi connectivity index (χ2v) is 9.66. The van der Waals surface area contributed by atoms with Crippen LogP contribution in [-0.2, 0) is 22.5 Å². The third kappa shape index (κ3) is 5.99. The summed E-state index contributed by atoms with van der Waals surface area (Å²) in [5, 5.41) is 17.6. The lowest BCUT2D eigenvalue weighted by Crippen LogP contribution is -2.33. The highest BCUT2D eigenvalue weighted by Crippen LogP contribution is 2.29. The van der Waals surface area contributed by atoms with Crippen LogP contribution in [0.2, 0.25) is 0 Å². The van der Waals surface area contributed by atoms with E-state index in [9.17, 15) is 19.1 Å². The Hall–Kier alpha value is -3.52. The van der Waals surface area contributed by atoms with Crippen molar-refractivity contribution in [2.45, 2.75) is 71.1 Å². The maximum absolute atomic E-state index is 13.6. The second-order valence-electron chi connectivity index (χ2n) is 9.66. The highest BCUT2D eigenvalue weighted by Gasteiger charge is 2.30. The topological polar surface area (TPSA) is 93.5 Å². The Labute approximate surface area is 210 Å². The predicted octanol–water partition coefficient (Wildman–Crippen LogP) is 4.37. The maximum atomic E-state index is 13.6. The number of nitrogens with zero attached hydrogens (tertiary/aromatic N) is 2. The average molecular weight is 494 g/mol. The van der Waals surface area contributed by atoms with Gasteiger partial charge in [-0.2, -0.15) is 5.10 Å². The minimum atomic E-state index is -0.717. The first-order chi connectivity index (χ1) is 17.2. The Morgan fingerprint density at radius 3 is 2.53 bits per heavy atom. The van der Waals surface area contributed by atoms with Crippen molar-refractivity contribution >= 4 is 11.9 Å². The van der Waals surface area contributed by atoms with Crippen LogP contribution in [0, 0.1) is 12.7 Å². The van der Waals surface area contributed by atoms with Crippen molar-refractivity contribution in [3.05, 3.63) is 82.4 Å². The van der Waals surface area contributed by atoms with Crippen LogP contribution < -0.4 is 5.32 Å². The van der Waals surface area contributed by atoms with Crippen LogP contribution in [0.4, 0.5) is 4.39 Å². The molecule has 2 aromatic carbocycles. The molecule has 2 N–H and O–H groups in total. The van der Waals surface area contributed by atoms with Crippen molar-refractivity contribution < 1.29 is 23.8 Å². The number of carbonyl (C=O) groups excluding carboxylic acids is 2. The van der Waals surface area contributed by atoms with Crippen LogP contribution in [0.5, 0.6) is 0 Å². The van der Waals surface area contributed by atoms with Crippen LogP contribution in [0.25, 0.3) is 5.69 Å². The third-order valence-electron chi connectivity index (χ3n) is 6.40. The largest absolute Gasteiger partial charge is 0.462 e. The number of aromatic nitrogens is 2. The summed E-state index contributed by atoms with van der Waals surface area (Å²) in [5.74, 6) is -1.09. The van der Waals surface area contributed by atoms with Gasteiger partial charge >= 0.3 is 5.97 Å². The van der Waals surface area contributed by atoms with E-state index in [1.807, 2.05) is 45.0 Å². The molecule has 7 nitrogen and oxygen atoms in total. The Morgan fingerprint density at radius 1 is 1.19 bits per heavy atom. The highest BCUT2D eigenvalue weighted by atomic mass is 19.1. The average Bonchev–Trinajstić information content (AvgIpc) is 3.22. The standard InChI is InChI=1S/C28H32FN3O4/c1-17(2)26-24(13-12-23-14-22(33)15-25(34)36-23)32(21-10-8-20(29)9-11-21)31-27(26)28(35)30-16-19-6-4-18(3)5-7-19/h4-11,17,22-23,33H,12-16H2,1-3H3,(H,30,35). The molecule has 8 heteroatoms. The molecule has 0 aliphatic carbocycles. The van der Waals surface area contributed by atoms with Crippen molar-refractivity contribution in [1.82, 2.24) is 15.1 Å². The minimum absolute atomic E-state index is 0.00651. The number of cyclic esters (lactones) is 1. The van der Waals surface area contributed by atoms with E-state index in [1.54, 1.807) is 16.8 Å². The first-order valence-corrected chi connectivity index (χ1v) is 12.3. The highest BCUT2D eigenvalue weighted by molar-refractivity contribution is 5.94. The summed E-state index contributed by atoms with van der Waals surface area (Å²) in [6, 6.07) is 13.9. The van der Waals surface area contributed by atoms with E-state index in [1.165, 1.54) is 12.1 Å². The molecule has 1 aliphatic rings. The van der Waals surface area contributed by atoms with Crippen LogP contribution in [0.15, 0.2) is 48.5 Å². The molecule has 0 spiro atoms. The van der Waals surface area contributed by atoms with Gasteiger partial charge in [-0.15, -0.1) is 0 Å². The van der Waals surface area contributed by atoms with Crippen LogP contribution in [0.1, 0.15) is 71.9 Å². The monoisotopic (exact) mass is 493 g/mol. The van der Waals surface area contributed by atoms with Gasteiger partial charge in [0.1, 0.15) is 11.9 Å². The summed E-state index contributed by atoms with van der Waals surface area (Å²) in [5.41, 5.74) is 4.67. The van der Waals surface area contributed by atoms with Crippen molar-refractivity contribution in [3.8, 4) is 5.69 Å². The summed E-state index contributed by atoms with van der Waals surface area (Å²) >= 11 is 0. The number of hydrogen-bond acceptors (Lipinski definition) is 5. The predicted molar refractivity (Wildman–Crippen MR) is 133 cm³/mol. The molecule has 1 saturated heterocycles. The molecular formula is C28H32FN3O4. The van der Waals surface area contributed by atoms with Gasteiger partial charge in [-0.05, 0) is 55.5 Å². The lowest BCUT2D eigenvalue weighted by molar-refractivity contribution is -0.160. The van der Waals surface area contributed by atoms with Gasteiger partial charge < -0.3 is 15.2 Å². The number of halogens is 1. The number of aliphatic hydroxyl groups excluding tert-OH is 1. The SMILES string of the molecule is Cc1ccc(CNC(=O)c2nn(-c3ccc(F)cc3)c(CCC3CC(O)CC(=O)O3)c2C(C)C)cc1. The zero-order chi connectivity index (χ0) is 25.8. The Kier molecular flexibility index (Phi) is 7.84. The number of hydrogen-bond donors (Lipinski definition) is 2. The summed E-state index contributed by atoms with van der Waals surface area (Å²) in [6.45, 7) is 6.37. The smallest absolute Gasteiger partial charge is 0.308 e. The number of amides is 1.